The molecule has 3 aromatic heterocycles. The predicted molar refractivity (Wildman–Crippen MR) is 147 cm³/mol. The first kappa shape index (κ1) is 26.3. The summed E-state index contributed by atoms with van der Waals surface area (Å²) in [6.07, 6.45) is 3.51. The van der Waals surface area contributed by atoms with E-state index in [1.54, 1.807) is 17.5 Å². The zero-order valence-electron chi connectivity index (χ0n) is 20.8. The third kappa shape index (κ3) is 4.56. The molecule has 14 heteroatoms. The van der Waals surface area contributed by atoms with Crippen LogP contribution in [-0.4, -0.2) is 35.8 Å². The molecular weight excluding hydrogens is 555 g/mol. The number of nitrogens with one attached hydrogen (secondary N) is 1. The monoisotopic (exact) mass is 578 g/mol. The van der Waals surface area contributed by atoms with Gasteiger partial charge in [0.1, 0.15) is 6.54 Å². The van der Waals surface area contributed by atoms with E-state index in [1.807, 2.05) is 0 Å². The van der Waals surface area contributed by atoms with Crippen molar-refractivity contribution in [2.45, 2.75) is 25.8 Å². The average Bonchev–Trinajstić information content (AvgIpc) is 3.40. The Kier molecular flexibility index (Phi) is 6.97. The smallest absolute Gasteiger partial charge is 0.332 e. The number of anilines is 1. The standard InChI is InChI=1S/C24H24Cl2N6O5S/c1-29-20-18(21(34)31(3)23(29)35)32(24(36)30(20)2)9-17(33)28-22-27-16(11-38-22)13-7-14(25)19(15(26)8-13)37-10-12-5-4-6-12/h7-8,11-12H,4-6,9-10H2,1-3H3,(H,27,28,33). The van der Waals surface area contributed by atoms with Gasteiger partial charge in [0.15, 0.2) is 22.0 Å². The van der Waals surface area contributed by atoms with Crippen LogP contribution in [0.4, 0.5) is 5.13 Å². The van der Waals surface area contributed by atoms with Crippen LogP contribution in [0.25, 0.3) is 22.4 Å². The molecule has 0 saturated heterocycles. The third-order valence-corrected chi connectivity index (χ3v) is 8.07. The number of hydrogen-bond acceptors (Lipinski definition) is 7. The molecule has 1 aliphatic carbocycles. The van der Waals surface area contributed by atoms with E-state index in [1.165, 1.54) is 48.0 Å². The second-order valence-electron chi connectivity index (χ2n) is 9.27. The van der Waals surface area contributed by atoms with Gasteiger partial charge in [-0.1, -0.05) is 29.6 Å². The zero-order chi connectivity index (χ0) is 27.3. The number of hydrogen-bond donors (Lipinski definition) is 1. The van der Waals surface area contributed by atoms with Crippen molar-refractivity contribution in [3.05, 3.63) is 58.9 Å². The Morgan fingerprint density at radius 3 is 2.37 bits per heavy atom. The van der Waals surface area contributed by atoms with Gasteiger partial charge in [0, 0.05) is 32.1 Å². The molecule has 11 nitrogen and oxygen atoms in total. The maximum absolute atomic E-state index is 12.8. The number of carbonyl (C=O) groups is 1. The van der Waals surface area contributed by atoms with Crippen molar-refractivity contribution in [2.24, 2.45) is 27.1 Å². The van der Waals surface area contributed by atoms with Gasteiger partial charge in [0.2, 0.25) is 5.91 Å². The number of nitrogens with zero attached hydrogens (tertiary/aromatic N) is 5. The molecule has 1 fully saturated rings. The minimum Gasteiger partial charge on any atom is -0.490 e. The number of rotatable bonds is 7. The lowest BCUT2D eigenvalue weighted by molar-refractivity contribution is -0.116. The van der Waals surface area contributed by atoms with E-state index in [0.717, 1.165) is 22.0 Å². The molecular formula is C24H24Cl2N6O5S. The van der Waals surface area contributed by atoms with Crippen LogP contribution in [0.15, 0.2) is 31.9 Å². The summed E-state index contributed by atoms with van der Waals surface area (Å²) < 4.78 is 10.1. The molecule has 4 aromatic rings. The van der Waals surface area contributed by atoms with Crippen molar-refractivity contribution >= 4 is 56.7 Å². The number of benzene rings is 1. The molecule has 1 amide bonds. The highest BCUT2D eigenvalue weighted by Gasteiger charge is 2.22. The molecule has 0 unspecified atom stereocenters. The molecule has 1 N–H and O–H groups in total. The fraction of sp³-hybridized carbons (Fsp3) is 0.375. The highest BCUT2D eigenvalue weighted by atomic mass is 35.5. The number of thiazole rings is 1. The third-order valence-electron chi connectivity index (χ3n) is 6.75. The van der Waals surface area contributed by atoms with Crippen LogP contribution in [0, 0.1) is 5.92 Å². The predicted octanol–water partition coefficient (Wildman–Crippen LogP) is 2.99. The van der Waals surface area contributed by atoms with Crippen LogP contribution in [0.5, 0.6) is 5.75 Å². The molecule has 0 bridgehead atoms. The highest BCUT2D eigenvalue weighted by molar-refractivity contribution is 7.14. The van der Waals surface area contributed by atoms with Crippen LogP contribution < -0.4 is 27.0 Å². The topological polar surface area (TPSA) is 122 Å². The van der Waals surface area contributed by atoms with Crippen molar-refractivity contribution in [3.8, 4) is 17.0 Å². The minimum absolute atomic E-state index is 0.0408. The molecule has 1 aliphatic rings. The number of imidazole rings is 1. The van der Waals surface area contributed by atoms with E-state index in [-0.39, 0.29) is 16.3 Å². The Balaban J connectivity index is 1.35. The minimum atomic E-state index is -0.668. The lowest BCUT2D eigenvalue weighted by Gasteiger charge is -2.25. The van der Waals surface area contributed by atoms with Gasteiger partial charge in [-0.2, -0.15) is 0 Å². The van der Waals surface area contributed by atoms with Gasteiger partial charge in [-0.3, -0.25) is 27.9 Å². The van der Waals surface area contributed by atoms with Crippen molar-refractivity contribution in [2.75, 3.05) is 11.9 Å². The Hall–Kier alpha value is -3.35. The summed E-state index contributed by atoms with van der Waals surface area (Å²) in [4.78, 5) is 55.2. The molecule has 3 heterocycles. The lowest BCUT2D eigenvalue weighted by Crippen LogP contribution is -2.38. The van der Waals surface area contributed by atoms with Crippen molar-refractivity contribution in [1.82, 2.24) is 23.3 Å². The molecule has 1 aromatic carbocycles. The molecule has 0 radical (unpaired) electrons. The number of aromatic nitrogens is 5. The summed E-state index contributed by atoms with van der Waals surface area (Å²) >= 11 is 14.0. The second-order valence-corrected chi connectivity index (χ2v) is 10.9. The quantitative estimate of drug-likeness (QED) is 0.359. The van der Waals surface area contributed by atoms with Crippen LogP contribution in [0.2, 0.25) is 10.0 Å². The van der Waals surface area contributed by atoms with Gasteiger partial charge in [0.05, 0.1) is 22.3 Å². The normalized spacial score (nSPS) is 13.6. The summed E-state index contributed by atoms with van der Waals surface area (Å²) in [5.74, 6) is 0.412. The maximum atomic E-state index is 12.8. The van der Waals surface area contributed by atoms with Crippen LogP contribution in [0.1, 0.15) is 19.3 Å². The number of halogens is 2. The Morgan fingerprint density at radius 1 is 1.08 bits per heavy atom. The molecule has 38 heavy (non-hydrogen) atoms. The highest BCUT2D eigenvalue weighted by Crippen LogP contribution is 2.39. The number of ether oxygens (including phenoxy) is 1. The first-order valence-electron chi connectivity index (χ1n) is 11.8. The summed E-state index contributed by atoms with van der Waals surface area (Å²) in [5.41, 5.74) is -0.556. The molecule has 0 aliphatic heterocycles. The Morgan fingerprint density at radius 2 is 1.74 bits per heavy atom. The van der Waals surface area contributed by atoms with Gasteiger partial charge in [-0.05, 0) is 30.9 Å². The summed E-state index contributed by atoms with van der Waals surface area (Å²) in [5, 5.41) is 5.43. The van der Waals surface area contributed by atoms with Gasteiger partial charge in [0.25, 0.3) is 5.56 Å². The molecule has 200 valence electrons. The first-order valence-corrected chi connectivity index (χ1v) is 13.4. The molecule has 0 atom stereocenters. The maximum Gasteiger partial charge on any atom is 0.332 e. The van der Waals surface area contributed by atoms with Gasteiger partial charge in [-0.15, -0.1) is 11.3 Å². The molecule has 1 saturated carbocycles. The van der Waals surface area contributed by atoms with Gasteiger partial charge < -0.3 is 10.1 Å². The van der Waals surface area contributed by atoms with Crippen LogP contribution in [-0.2, 0) is 32.5 Å². The fourth-order valence-corrected chi connectivity index (χ4v) is 5.75. The summed E-state index contributed by atoms with van der Waals surface area (Å²) in [6.45, 7) is 0.136. The number of fused-ring (bicyclic) bond motifs is 1. The number of aryl methyl sites for hydroxylation is 2. The Bertz CT molecular complexity index is 1740. The van der Waals surface area contributed by atoms with Crippen molar-refractivity contribution in [3.63, 3.8) is 0 Å². The molecule has 5 rings (SSSR count). The van der Waals surface area contributed by atoms with E-state index in [4.69, 9.17) is 27.9 Å². The van der Waals surface area contributed by atoms with E-state index in [0.29, 0.717) is 39.6 Å². The SMILES string of the molecule is Cn1c(=O)c2c(n(C)c1=O)n(C)c(=O)n2CC(=O)Nc1nc(-c2cc(Cl)c(OCC3CCC3)c(Cl)c2)cs1. The first-order chi connectivity index (χ1) is 18.1. The number of amides is 1. The van der Waals surface area contributed by atoms with E-state index < -0.39 is 29.4 Å². The van der Waals surface area contributed by atoms with E-state index in [9.17, 15) is 19.2 Å². The number of carbonyl (C=O) groups excluding carboxylic acids is 1. The van der Waals surface area contributed by atoms with Crippen molar-refractivity contribution < 1.29 is 9.53 Å². The van der Waals surface area contributed by atoms with Gasteiger partial charge in [-0.25, -0.2) is 14.6 Å². The zero-order valence-corrected chi connectivity index (χ0v) is 23.1. The van der Waals surface area contributed by atoms with E-state index >= 15 is 0 Å². The summed E-state index contributed by atoms with van der Waals surface area (Å²) in [7, 11) is 4.20. The average molecular weight is 579 g/mol. The van der Waals surface area contributed by atoms with Crippen LogP contribution >= 0.6 is 34.5 Å². The molecule has 0 spiro atoms. The second kappa shape index (κ2) is 10.1. The van der Waals surface area contributed by atoms with Gasteiger partial charge >= 0.3 is 11.4 Å². The summed E-state index contributed by atoms with van der Waals surface area (Å²) in [6, 6.07) is 3.42. The van der Waals surface area contributed by atoms with E-state index in [2.05, 4.69) is 10.3 Å². The fourth-order valence-electron chi connectivity index (χ4n) is 4.42. The Labute approximate surface area is 229 Å². The largest absolute Gasteiger partial charge is 0.490 e. The lowest BCUT2D eigenvalue weighted by atomic mass is 9.86. The van der Waals surface area contributed by atoms with Crippen LogP contribution in [0.3, 0.4) is 0 Å². The van der Waals surface area contributed by atoms with Crippen molar-refractivity contribution in [1.29, 1.82) is 0 Å².